The van der Waals surface area contributed by atoms with E-state index in [9.17, 15) is 8.42 Å². The van der Waals surface area contributed by atoms with Crippen molar-refractivity contribution < 1.29 is 8.42 Å². The molecule has 3 rings (SSSR count). The summed E-state index contributed by atoms with van der Waals surface area (Å²) >= 11 is 0. The van der Waals surface area contributed by atoms with Gasteiger partial charge in [0.15, 0.2) is 0 Å². The van der Waals surface area contributed by atoms with E-state index in [0.29, 0.717) is 12.1 Å². The van der Waals surface area contributed by atoms with Crippen molar-refractivity contribution in [2.45, 2.75) is 19.8 Å². The van der Waals surface area contributed by atoms with Crippen LogP contribution in [0.5, 0.6) is 0 Å². The number of nitrogens with zero attached hydrogens (tertiary/aromatic N) is 1. The summed E-state index contributed by atoms with van der Waals surface area (Å²) in [5.74, 6) is 0.166. The van der Waals surface area contributed by atoms with Gasteiger partial charge in [-0.2, -0.15) is 0 Å². The first-order valence-electron chi connectivity index (χ1n) is 7.90. The van der Waals surface area contributed by atoms with E-state index in [4.69, 9.17) is 0 Å². The molecule has 0 radical (unpaired) electrons. The van der Waals surface area contributed by atoms with Gasteiger partial charge in [-0.05, 0) is 50.2 Å². The first-order valence-corrected chi connectivity index (χ1v) is 9.51. The van der Waals surface area contributed by atoms with Gasteiger partial charge in [0.1, 0.15) is 0 Å². The van der Waals surface area contributed by atoms with Gasteiger partial charge in [0.2, 0.25) is 10.0 Å². The summed E-state index contributed by atoms with van der Waals surface area (Å²) in [5.41, 5.74) is 2.55. The highest BCUT2D eigenvalue weighted by atomic mass is 32.2. The maximum absolute atomic E-state index is 12.3. The van der Waals surface area contributed by atoms with E-state index < -0.39 is 10.0 Å². The van der Waals surface area contributed by atoms with Crippen LogP contribution in [0, 0.1) is 0 Å². The summed E-state index contributed by atoms with van der Waals surface area (Å²) < 4.78 is 26.0. The third-order valence-corrected chi connectivity index (χ3v) is 5.29. The Labute approximate surface area is 139 Å². The number of benzene rings is 2. The van der Waals surface area contributed by atoms with Gasteiger partial charge in [-0.3, -0.25) is 0 Å². The van der Waals surface area contributed by atoms with Crippen LogP contribution in [0.2, 0.25) is 0 Å². The van der Waals surface area contributed by atoms with Crippen LogP contribution in [0.3, 0.4) is 0 Å². The summed E-state index contributed by atoms with van der Waals surface area (Å²) in [4.78, 5) is 0. The molecule has 0 saturated heterocycles. The molecule has 5 heteroatoms. The number of aryl methyl sites for hydroxylation is 1. The molecular formula is C18H24N2O2S. The zero-order valence-corrected chi connectivity index (χ0v) is 14.5. The van der Waals surface area contributed by atoms with Gasteiger partial charge in [0.05, 0.1) is 17.1 Å². The molecule has 1 N–H and O–H groups in total. The molecule has 0 amide bonds. The Morgan fingerprint density at radius 3 is 2.30 bits per heavy atom. The fourth-order valence-corrected chi connectivity index (χ4v) is 4.09. The Morgan fingerprint density at radius 2 is 1.70 bits per heavy atom. The predicted octanol–water partition coefficient (Wildman–Crippen LogP) is 3.33. The zero-order chi connectivity index (χ0) is 16.7. The number of nitrogens with one attached hydrogen (secondary N) is 1. The molecule has 0 unspecified atom stereocenters. The van der Waals surface area contributed by atoms with Crippen LogP contribution in [-0.2, 0) is 16.4 Å². The van der Waals surface area contributed by atoms with Gasteiger partial charge >= 0.3 is 0 Å². The number of fused-ring (bicyclic) bond motifs is 1. The van der Waals surface area contributed by atoms with Crippen LogP contribution < -0.4 is 9.62 Å². The molecule has 4 nitrogen and oxygen atoms in total. The van der Waals surface area contributed by atoms with E-state index in [1.165, 1.54) is 10.7 Å². The largest absolute Gasteiger partial charge is 0.320 e. The lowest BCUT2D eigenvalue weighted by Crippen LogP contribution is -2.33. The van der Waals surface area contributed by atoms with Crippen LogP contribution in [0.15, 0.2) is 54.6 Å². The standard InChI is InChI=1S/C14H13NO2S.C4H11N/c16-18(17)11-10-12-6-4-5-9-14(12)15(18)13-7-2-1-3-8-13;1-3-4-5-2/h1-9H,10-11H2;5H,3-4H2,1-2H3. The summed E-state index contributed by atoms with van der Waals surface area (Å²) in [6.45, 7) is 3.29. The van der Waals surface area contributed by atoms with E-state index in [0.717, 1.165) is 17.8 Å². The average molecular weight is 332 g/mol. The van der Waals surface area contributed by atoms with Crippen molar-refractivity contribution in [2.75, 3.05) is 23.7 Å². The Hall–Kier alpha value is -1.85. The monoisotopic (exact) mass is 332 g/mol. The summed E-state index contributed by atoms with van der Waals surface area (Å²) in [5, 5.41) is 3.02. The normalized spacial score (nSPS) is 15.3. The fraction of sp³-hybridized carbons (Fsp3) is 0.333. The lowest BCUT2D eigenvalue weighted by molar-refractivity contribution is 0.593. The number of para-hydroxylation sites is 2. The van der Waals surface area contributed by atoms with Crippen LogP contribution in [0.25, 0.3) is 0 Å². The van der Waals surface area contributed by atoms with Crippen molar-refractivity contribution in [1.29, 1.82) is 0 Å². The maximum atomic E-state index is 12.3. The molecule has 1 heterocycles. The van der Waals surface area contributed by atoms with E-state index in [1.807, 2.05) is 61.6 Å². The summed E-state index contributed by atoms with van der Waals surface area (Å²) in [6, 6.07) is 16.9. The van der Waals surface area contributed by atoms with Crippen molar-refractivity contribution in [3.05, 3.63) is 60.2 Å². The molecule has 124 valence electrons. The molecule has 0 saturated carbocycles. The first kappa shape index (κ1) is 17.5. The Kier molecular flexibility index (Phi) is 6.19. The third-order valence-electron chi connectivity index (χ3n) is 3.61. The highest BCUT2D eigenvalue weighted by Crippen LogP contribution is 2.35. The summed E-state index contributed by atoms with van der Waals surface area (Å²) in [7, 11) is -1.29. The van der Waals surface area contributed by atoms with Crippen molar-refractivity contribution in [1.82, 2.24) is 5.32 Å². The minimum atomic E-state index is -3.26. The van der Waals surface area contributed by atoms with Gasteiger partial charge in [-0.25, -0.2) is 12.7 Å². The number of anilines is 2. The van der Waals surface area contributed by atoms with Crippen molar-refractivity contribution in [3.8, 4) is 0 Å². The summed E-state index contributed by atoms with van der Waals surface area (Å²) in [6.07, 6.45) is 1.82. The van der Waals surface area contributed by atoms with E-state index in [-0.39, 0.29) is 5.75 Å². The number of sulfonamides is 1. The molecule has 0 fully saturated rings. The van der Waals surface area contributed by atoms with Gasteiger partial charge < -0.3 is 5.32 Å². The van der Waals surface area contributed by atoms with Gasteiger partial charge in [-0.1, -0.05) is 43.3 Å². The fourth-order valence-electron chi connectivity index (χ4n) is 2.51. The number of rotatable bonds is 3. The smallest absolute Gasteiger partial charge is 0.239 e. The van der Waals surface area contributed by atoms with Crippen LogP contribution in [0.1, 0.15) is 18.9 Å². The van der Waals surface area contributed by atoms with Crippen LogP contribution in [0.4, 0.5) is 11.4 Å². The van der Waals surface area contributed by atoms with Gasteiger partial charge in [-0.15, -0.1) is 0 Å². The van der Waals surface area contributed by atoms with E-state index in [1.54, 1.807) is 0 Å². The Balaban J connectivity index is 0.000000338. The van der Waals surface area contributed by atoms with Crippen molar-refractivity contribution in [3.63, 3.8) is 0 Å². The SMILES string of the molecule is CCCNC.O=S1(=O)CCc2ccccc2N1c1ccccc1. The molecule has 0 aliphatic carbocycles. The van der Waals surface area contributed by atoms with Crippen molar-refractivity contribution in [2.24, 2.45) is 0 Å². The minimum absolute atomic E-state index is 0.166. The maximum Gasteiger partial charge on any atom is 0.239 e. The molecule has 2 aromatic carbocycles. The molecule has 0 aromatic heterocycles. The molecular weight excluding hydrogens is 308 g/mol. The van der Waals surface area contributed by atoms with E-state index in [2.05, 4.69) is 12.2 Å². The molecule has 23 heavy (non-hydrogen) atoms. The third kappa shape index (κ3) is 4.33. The minimum Gasteiger partial charge on any atom is -0.320 e. The van der Waals surface area contributed by atoms with Crippen LogP contribution >= 0.6 is 0 Å². The molecule has 1 aliphatic heterocycles. The van der Waals surface area contributed by atoms with Crippen LogP contribution in [-0.4, -0.2) is 27.8 Å². The van der Waals surface area contributed by atoms with Crippen molar-refractivity contribution >= 4 is 21.4 Å². The highest BCUT2D eigenvalue weighted by molar-refractivity contribution is 7.93. The second-order valence-electron chi connectivity index (χ2n) is 5.40. The topological polar surface area (TPSA) is 49.4 Å². The first-order chi connectivity index (χ1) is 11.1. The second-order valence-corrected chi connectivity index (χ2v) is 7.34. The molecule has 0 spiro atoms. The molecule has 1 aliphatic rings. The average Bonchev–Trinajstić information content (AvgIpc) is 2.56. The zero-order valence-electron chi connectivity index (χ0n) is 13.7. The van der Waals surface area contributed by atoms with Gasteiger partial charge in [0, 0.05) is 0 Å². The molecule has 0 atom stereocenters. The van der Waals surface area contributed by atoms with E-state index >= 15 is 0 Å². The molecule has 2 aromatic rings. The number of hydrogen-bond acceptors (Lipinski definition) is 3. The second kappa shape index (κ2) is 8.13. The lowest BCUT2D eigenvalue weighted by Gasteiger charge is -2.30. The lowest BCUT2D eigenvalue weighted by atomic mass is 10.1. The predicted molar refractivity (Wildman–Crippen MR) is 96.7 cm³/mol. The highest BCUT2D eigenvalue weighted by Gasteiger charge is 2.30. The Morgan fingerprint density at radius 1 is 1.04 bits per heavy atom. The number of hydrogen-bond donors (Lipinski definition) is 1. The Bertz CT molecular complexity index is 713. The molecule has 0 bridgehead atoms. The van der Waals surface area contributed by atoms with Gasteiger partial charge in [0.25, 0.3) is 0 Å². The quantitative estimate of drug-likeness (QED) is 0.938.